The number of nitrogens with zero attached hydrogens (tertiary/aromatic N) is 6. The number of hydrogen-bond donors (Lipinski definition) is 3. The number of aliphatic hydroxyl groups excluding tert-OH is 1. The molecule has 0 bridgehead atoms. The SMILES string of the molecule is COc1ccc2c(c1)[C@@]1(O[C@H](CCn3cc(C(CO)c4ccccc4)nn3)[C@@H]([Si](C)(C)O)[C@@H]1C)C(=O)N2Cc1ccc(N2CN(c3ccccc3)C3(CCNCC3)C2=O)cc1. The van der Waals surface area contributed by atoms with E-state index in [1.54, 1.807) is 16.7 Å². The summed E-state index contributed by atoms with van der Waals surface area (Å²) in [4.78, 5) is 47.3. The van der Waals surface area contributed by atoms with Gasteiger partial charge < -0.3 is 34.5 Å². The lowest BCUT2D eigenvalue weighted by Crippen LogP contribution is -2.55. The van der Waals surface area contributed by atoms with Crippen LogP contribution >= 0.6 is 0 Å². The maximum absolute atomic E-state index is 15.2. The Kier molecular flexibility index (Phi) is 10.8. The molecule has 5 heterocycles. The third-order valence-corrected chi connectivity index (χ3v) is 16.2. The van der Waals surface area contributed by atoms with Crippen LogP contribution in [0.3, 0.4) is 0 Å². The van der Waals surface area contributed by atoms with Crippen molar-refractivity contribution < 1.29 is 29.0 Å². The maximum atomic E-state index is 15.2. The minimum absolute atomic E-state index is 0.100. The van der Waals surface area contributed by atoms with Gasteiger partial charge in [0, 0.05) is 41.1 Å². The number of rotatable bonds is 12. The highest BCUT2D eigenvalue weighted by molar-refractivity contribution is 6.71. The van der Waals surface area contributed by atoms with E-state index in [1.807, 2.05) is 122 Å². The van der Waals surface area contributed by atoms with Gasteiger partial charge in [-0.25, -0.2) is 0 Å². The van der Waals surface area contributed by atoms with Gasteiger partial charge in [0.2, 0.25) is 0 Å². The second-order valence-corrected chi connectivity index (χ2v) is 21.5. The summed E-state index contributed by atoms with van der Waals surface area (Å²) in [6.07, 6.45) is 3.37. The number of aliphatic hydroxyl groups is 1. The van der Waals surface area contributed by atoms with E-state index in [-0.39, 0.29) is 35.8 Å². The molecule has 5 aromatic rings. The molecule has 3 N–H and O–H groups in total. The molecule has 2 amide bonds. The van der Waals surface area contributed by atoms with Crippen LogP contribution in [0.25, 0.3) is 0 Å². The third kappa shape index (κ3) is 7.03. The summed E-state index contributed by atoms with van der Waals surface area (Å²) in [5.74, 6) is -0.0964. The number of aromatic nitrogens is 3. The average molecular weight is 842 g/mol. The summed E-state index contributed by atoms with van der Waals surface area (Å²) < 4.78 is 14.6. The molecule has 61 heavy (non-hydrogen) atoms. The van der Waals surface area contributed by atoms with Crippen LogP contribution in [0, 0.1) is 5.92 Å². The van der Waals surface area contributed by atoms with Crippen molar-refractivity contribution in [3.05, 3.63) is 132 Å². The van der Waals surface area contributed by atoms with Crippen molar-refractivity contribution in [2.45, 2.75) is 81.1 Å². The molecule has 4 aromatic carbocycles. The number of hydrogen-bond acceptors (Lipinski definition) is 10. The van der Waals surface area contributed by atoms with E-state index in [9.17, 15) is 14.7 Å². The quantitative estimate of drug-likeness (QED) is 0.132. The number of fused-ring (bicyclic) bond motifs is 2. The van der Waals surface area contributed by atoms with Crippen LogP contribution in [0.2, 0.25) is 18.6 Å². The molecule has 3 fully saturated rings. The summed E-state index contributed by atoms with van der Waals surface area (Å²) in [7, 11) is -1.31. The first kappa shape index (κ1) is 41.0. The van der Waals surface area contributed by atoms with Crippen LogP contribution in [0.1, 0.15) is 54.5 Å². The van der Waals surface area contributed by atoms with Gasteiger partial charge in [0.1, 0.15) is 11.3 Å². The predicted octanol–water partition coefficient (Wildman–Crippen LogP) is 5.78. The fourth-order valence-corrected chi connectivity index (χ4v) is 13.2. The second kappa shape index (κ2) is 16.1. The zero-order valence-corrected chi connectivity index (χ0v) is 36.3. The van der Waals surface area contributed by atoms with E-state index in [0.717, 1.165) is 59.7 Å². The summed E-state index contributed by atoms with van der Waals surface area (Å²) in [5.41, 5.74) is 3.65. The Hall–Kier alpha value is -5.38. The Bertz CT molecular complexity index is 2370. The van der Waals surface area contributed by atoms with Crippen molar-refractivity contribution in [1.82, 2.24) is 20.3 Å². The Balaban J connectivity index is 0.974. The number of piperidine rings is 1. The van der Waals surface area contributed by atoms with Gasteiger partial charge in [0.05, 0.1) is 50.3 Å². The van der Waals surface area contributed by atoms with Gasteiger partial charge >= 0.3 is 0 Å². The van der Waals surface area contributed by atoms with Gasteiger partial charge in [0.25, 0.3) is 11.8 Å². The number of methoxy groups -OCH3 is 1. The van der Waals surface area contributed by atoms with Crippen molar-refractivity contribution in [1.29, 1.82) is 0 Å². The summed E-state index contributed by atoms with van der Waals surface area (Å²) in [6, 6.07) is 33.6. The molecule has 1 aromatic heterocycles. The molecule has 0 radical (unpaired) electrons. The number of anilines is 3. The highest BCUT2D eigenvalue weighted by atomic mass is 28.4. The molecule has 14 heteroatoms. The third-order valence-electron chi connectivity index (χ3n) is 13.7. The minimum Gasteiger partial charge on any atom is -0.497 e. The number of carbonyl (C=O) groups excluding carboxylic acids is 2. The second-order valence-electron chi connectivity index (χ2n) is 17.6. The lowest BCUT2D eigenvalue weighted by Gasteiger charge is -2.39. The fraction of sp³-hybridized carbons (Fsp3) is 0.404. The number of aryl methyl sites for hydroxylation is 1. The number of benzene rings is 4. The van der Waals surface area contributed by atoms with Crippen LogP contribution in [-0.4, -0.2) is 90.1 Å². The van der Waals surface area contributed by atoms with Crippen molar-refractivity contribution in [3.8, 4) is 5.75 Å². The zero-order chi connectivity index (χ0) is 42.5. The van der Waals surface area contributed by atoms with Crippen LogP contribution in [0.5, 0.6) is 5.75 Å². The van der Waals surface area contributed by atoms with E-state index in [2.05, 4.69) is 32.7 Å². The van der Waals surface area contributed by atoms with Gasteiger partial charge in [-0.1, -0.05) is 72.8 Å². The first-order chi connectivity index (χ1) is 29.5. The van der Waals surface area contributed by atoms with Crippen molar-refractivity contribution in [2.75, 3.05) is 48.2 Å². The molecule has 1 unspecified atom stereocenters. The number of para-hydroxylation sites is 1. The lowest BCUT2D eigenvalue weighted by atomic mass is 9.82. The van der Waals surface area contributed by atoms with Gasteiger partial charge in [-0.2, -0.15) is 0 Å². The molecule has 4 aliphatic rings. The van der Waals surface area contributed by atoms with Gasteiger partial charge in [-0.15, -0.1) is 5.10 Å². The van der Waals surface area contributed by atoms with Crippen molar-refractivity contribution >= 4 is 37.2 Å². The molecule has 2 spiro atoms. The zero-order valence-electron chi connectivity index (χ0n) is 35.3. The Labute approximate surface area is 358 Å². The largest absolute Gasteiger partial charge is 0.497 e. The minimum atomic E-state index is -2.92. The molecular weight excluding hydrogens is 787 g/mol. The van der Waals surface area contributed by atoms with Crippen molar-refractivity contribution in [2.24, 2.45) is 5.92 Å². The van der Waals surface area contributed by atoms with E-state index in [0.29, 0.717) is 37.6 Å². The lowest BCUT2D eigenvalue weighted by molar-refractivity contribution is -0.146. The normalized spacial score (nSPS) is 24.0. The number of nitrogens with one attached hydrogen (secondary N) is 1. The highest BCUT2D eigenvalue weighted by Gasteiger charge is 2.66. The van der Waals surface area contributed by atoms with Crippen LogP contribution in [0.15, 0.2) is 109 Å². The Morgan fingerprint density at radius 3 is 2.31 bits per heavy atom. The van der Waals surface area contributed by atoms with Crippen LogP contribution in [-0.2, 0) is 33.0 Å². The fourth-order valence-electron chi connectivity index (χ4n) is 10.6. The molecular formula is C47H55N7O6Si. The standard InChI is InChI=1S/C47H55N7O6Si/c1-32-43(61(3,4)58)42(21-26-51-29-40(49-50-51)38(30-55)34-11-7-5-8-12-34)60-47(32)39-27-37(59-2)19-20-41(39)52(45(47)57)28-33-15-17-35(18-16-33)53-31-54(36-13-9-6-10-14-36)46(44(53)56)22-24-48-25-23-46/h5-20,27,29,32,38,42-43,48,55,58H,21-26,28,30-31H2,1-4H3/t32-,38?,42+,43-,47+/m0/s1. The van der Waals surface area contributed by atoms with E-state index in [4.69, 9.17) is 9.47 Å². The monoisotopic (exact) mass is 841 g/mol. The number of amides is 2. The summed E-state index contributed by atoms with van der Waals surface area (Å²) in [6.45, 7) is 8.55. The summed E-state index contributed by atoms with van der Waals surface area (Å²) >= 11 is 0. The van der Waals surface area contributed by atoms with Crippen molar-refractivity contribution in [3.63, 3.8) is 0 Å². The molecule has 0 aliphatic carbocycles. The van der Waals surface area contributed by atoms with E-state index < -0.39 is 25.6 Å². The molecule has 318 valence electrons. The predicted molar refractivity (Wildman–Crippen MR) is 236 cm³/mol. The molecule has 4 aliphatic heterocycles. The molecule has 3 saturated heterocycles. The molecule has 0 saturated carbocycles. The van der Waals surface area contributed by atoms with E-state index >= 15 is 4.79 Å². The van der Waals surface area contributed by atoms with Gasteiger partial charge in [-0.05, 0) is 99.0 Å². The Morgan fingerprint density at radius 1 is 0.934 bits per heavy atom. The summed E-state index contributed by atoms with van der Waals surface area (Å²) in [5, 5.41) is 22.5. The van der Waals surface area contributed by atoms with E-state index in [1.165, 1.54) is 0 Å². The maximum Gasteiger partial charge on any atom is 0.264 e. The molecule has 13 nitrogen and oxygen atoms in total. The Morgan fingerprint density at radius 2 is 1.64 bits per heavy atom. The van der Waals surface area contributed by atoms with Crippen LogP contribution in [0.4, 0.5) is 17.1 Å². The molecule has 5 atom stereocenters. The topological polar surface area (TPSA) is 146 Å². The first-order valence-electron chi connectivity index (χ1n) is 21.4. The first-order valence-corrected chi connectivity index (χ1v) is 24.4. The smallest absolute Gasteiger partial charge is 0.264 e. The number of carbonyl (C=O) groups is 2. The highest BCUT2D eigenvalue weighted by Crippen LogP contribution is 2.60. The van der Waals surface area contributed by atoms with Gasteiger partial charge in [0.15, 0.2) is 13.9 Å². The average Bonchev–Trinajstić information content (AvgIpc) is 4.00. The molecule has 9 rings (SSSR count). The van der Waals surface area contributed by atoms with Crippen LogP contribution < -0.4 is 24.8 Å². The van der Waals surface area contributed by atoms with Gasteiger partial charge in [-0.3, -0.25) is 19.2 Å². The number of ether oxygens (including phenoxy) is 2.